The van der Waals surface area contributed by atoms with Crippen molar-refractivity contribution in [1.29, 1.82) is 0 Å². The molecule has 1 aromatic carbocycles. The first kappa shape index (κ1) is 21.2. The molecule has 2 atom stereocenters. The average molecular weight is 377 g/mol. The molecule has 1 aromatic rings. The van der Waals surface area contributed by atoms with E-state index in [2.05, 4.69) is 0 Å². The van der Waals surface area contributed by atoms with Gasteiger partial charge in [0.1, 0.15) is 0 Å². The Labute approximate surface area is 161 Å². The number of hydrogen-bond donors (Lipinski definition) is 2. The van der Waals surface area contributed by atoms with Crippen LogP contribution in [0.15, 0.2) is 30.3 Å². The van der Waals surface area contributed by atoms with E-state index in [1.165, 1.54) is 0 Å². The van der Waals surface area contributed by atoms with Gasteiger partial charge < -0.3 is 19.8 Å². The molecule has 0 aliphatic carbocycles. The van der Waals surface area contributed by atoms with Crippen LogP contribution in [0.4, 0.5) is 4.79 Å². The number of amides is 1. The standard InChI is InChI=1S/C21H31NO5/c23-19(16-17-8-4-3-5-9-17)12-11-18-13-15-27-21(26)22(18)14-7-2-1-6-10-20(24)25/h3-5,8-9,18-19,23H,1-2,6-7,10-16H2,(H,24,25). The fourth-order valence-corrected chi connectivity index (χ4v) is 3.53. The summed E-state index contributed by atoms with van der Waals surface area (Å²) >= 11 is 0. The number of aliphatic hydroxyl groups is 1. The van der Waals surface area contributed by atoms with Gasteiger partial charge in [0.15, 0.2) is 0 Å². The minimum Gasteiger partial charge on any atom is -0.481 e. The van der Waals surface area contributed by atoms with Crippen LogP contribution in [0.25, 0.3) is 0 Å². The number of ether oxygens (including phenoxy) is 1. The topological polar surface area (TPSA) is 87.1 Å². The first-order chi connectivity index (χ1) is 13.1. The summed E-state index contributed by atoms with van der Waals surface area (Å²) in [6.07, 6.45) is 5.64. The van der Waals surface area contributed by atoms with Crippen molar-refractivity contribution in [2.24, 2.45) is 0 Å². The van der Waals surface area contributed by atoms with E-state index in [1.54, 1.807) is 4.90 Å². The van der Waals surface area contributed by atoms with Gasteiger partial charge >= 0.3 is 12.1 Å². The molecule has 1 fully saturated rings. The predicted molar refractivity (Wildman–Crippen MR) is 103 cm³/mol. The Balaban J connectivity index is 1.72. The molecule has 2 unspecified atom stereocenters. The summed E-state index contributed by atoms with van der Waals surface area (Å²) in [4.78, 5) is 24.4. The van der Waals surface area contributed by atoms with Crippen molar-refractivity contribution in [3.05, 3.63) is 35.9 Å². The Bertz CT molecular complexity index is 577. The van der Waals surface area contributed by atoms with Gasteiger partial charge in [-0.1, -0.05) is 43.2 Å². The summed E-state index contributed by atoms with van der Waals surface area (Å²) in [7, 11) is 0. The second-order valence-electron chi connectivity index (χ2n) is 7.23. The number of benzene rings is 1. The lowest BCUT2D eigenvalue weighted by atomic mass is 9.99. The smallest absolute Gasteiger partial charge is 0.410 e. The fraction of sp³-hybridized carbons (Fsp3) is 0.619. The highest BCUT2D eigenvalue weighted by atomic mass is 16.6. The zero-order chi connectivity index (χ0) is 19.5. The summed E-state index contributed by atoms with van der Waals surface area (Å²) in [5.41, 5.74) is 1.12. The Kier molecular flexibility index (Phi) is 9.11. The van der Waals surface area contributed by atoms with Crippen molar-refractivity contribution >= 4 is 12.1 Å². The predicted octanol–water partition coefficient (Wildman–Crippen LogP) is 3.62. The van der Waals surface area contributed by atoms with Gasteiger partial charge in [0.25, 0.3) is 0 Å². The first-order valence-corrected chi connectivity index (χ1v) is 9.93. The molecule has 0 radical (unpaired) electrons. The number of carbonyl (C=O) groups excluding carboxylic acids is 1. The van der Waals surface area contributed by atoms with Gasteiger partial charge in [-0.2, -0.15) is 0 Å². The molecule has 150 valence electrons. The van der Waals surface area contributed by atoms with Crippen molar-refractivity contribution < 1.29 is 24.5 Å². The first-order valence-electron chi connectivity index (χ1n) is 9.93. The monoisotopic (exact) mass is 377 g/mol. The van der Waals surface area contributed by atoms with E-state index in [4.69, 9.17) is 9.84 Å². The van der Waals surface area contributed by atoms with Crippen molar-refractivity contribution in [2.75, 3.05) is 13.2 Å². The number of nitrogens with zero attached hydrogens (tertiary/aromatic N) is 1. The zero-order valence-electron chi connectivity index (χ0n) is 15.9. The third kappa shape index (κ3) is 7.99. The molecule has 0 bridgehead atoms. The van der Waals surface area contributed by atoms with Crippen molar-refractivity contribution in [3.63, 3.8) is 0 Å². The number of hydrogen-bond acceptors (Lipinski definition) is 4. The molecule has 1 amide bonds. The number of aliphatic carboxylic acids is 1. The third-order valence-corrected chi connectivity index (χ3v) is 5.04. The summed E-state index contributed by atoms with van der Waals surface area (Å²) in [6, 6.07) is 10.0. The van der Waals surface area contributed by atoms with E-state index in [1.807, 2.05) is 30.3 Å². The van der Waals surface area contributed by atoms with E-state index in [0.29, 0.717) is 32.4 Å². The molecule has 2 rings (SSSR count). The van der Waals surface area contributed by atoms with Crippen molar-refractivity contribution in [1.82, 2.24) is 4.90 Å². The molecular formula is C21H31NO5. The maximum atomic E-state index is 12.1. The van der Waals surface area contributed by atoms with Crippen molar-refractivity contribution in [3.8, 4) is 0 Å². The molecule has 0 saturated carbocycles. The van der Waals surface area contributed by atoms with Crippen LogP contribution in [0.1, 0.15) is 56.9 Å². The molecule has 1 heterocycles. The summed E-state index contributed by atoms with van der Waals surface area (Å²) in [6.45, 7) is 1.07. The second-order valence-corrected chi connectivity index (χ2v) is 7.23. The van der Waals surface area contributed by atoms with Gasteiger partial charge in [0.05, 0.1) is 12.7 Å². The Morgan fingerprint density at radius 3 is 2.67 bits per heavy atom. The van der Waals surface area contributed by atoms with E-state index >= 15 is 0 Å². The fourth-order valence-electron chi connectivity index (χ4n) is 3.53. The molecule has 0 aromatic heterocycles. The largest absolute Gasteiger partial charge is 0.481 e. The maximum Gasteiger partial charge on any atom is 0.410 e. The second kappa shape index (κ2) is 11.6. The van der Waals surface area contributed by atoms with Crippen LogP contribution in [0.5, 0.6) is 0 Å². The summed E-state index contributed by atoms with van der Waals surface area (Å²) in [5.74, 6) is -0.760. The Morgan fingerprint density at radius 1 is 1.19 bits per heavy atom. The highest BCUT2D eigenvalue weighted by Gasteiger charge is 2.29. The average Bonchev–Trinajstić information content (AvgIpc) is 2.65. The number of cyclic esters (lactones) is 1. The van der Waals surface area contributed by atoms with Gasteiger partial charge in [0, 0.05) is 25.4 Å². The van der Waals surface area contributed by atoms with Crippen LogP contribution in [0.3, 0.4) is 0 Å². The van der Waals surface area contributed by atoms with E-state index in [9.17, 15) is 14.7 Å². The molecule has 1 saturated heterocycles. The zero-order valence-corrected chi connectivity index (χ0v) is 15.9. The number of carboxylic acids is 1. The van der Waals surface area contributed by atoms with E-state index < -0.39 is 12.1 Å². The lowest BCUT2D eigenvalue weighted by molar-refractivity contribution is -0.137. The van der Waals surface area contributed by atoms with Gasteiger partial charge in [-0.25, -0.2) is 4.79 Å². The Morgan fingerprint density at radius 2 is 1.93 bits per heavy atom. The summed E-state index contributed by atoms with van der Waals surface area (Å²) in [5, 5.41) is 19.0. The highest BCUT2D eigenvalue weighted by molar-refractivity contribution is 5.68. The van der Waals surface area contributed by atoms with Crippen LogP contribution in [-0.4, -0.2) is 52.5 Å². The van der Waals surface area contributed by atoms with Crippen LogP contribution in [0.2, 0.25) is 0 Å². The molecule has 2 N–H and O–H groups in total. The SMILES string of the molecule is O=C(O)CCCCCCN1C(=O)OCCC1CCC(O)Cc1ccccc1. The summed E-state index contributed by atoms with van der Waals surface area (Å²) < 4.78 is 5.18. The van der Waals surface area contributed by atoms with Gasteiger partial charge in [-0.3, -0.25) is 4.79 Å². The van der Waals surface area contributed by atoms with Crippen molar-refractivity contribution in [2.45, 2.75) is 69.9 Å². The third-order valence-electron chi connectivity index (χ3n) is 5.04. The molecule has 27 heavy (non-hydrogen) atoms. The van der Waals surface area contributed by atoms with Crippen LogP contribution in [0, 0.1) is 0 Å². The maximum absolute atomic E-state index is 12.1. The van der Waals surface area contributed by atoms with Crippen LogP contribution in [-0.2, 0) is 16.0 Å². The number of carboxylic acid groups (broad SMARTS) is 1. The number of rotatable bonds is 12. The highest BCUT2D eigenvalue weighted by Crippen LogP contribution is 2.21. The van der Waals surface area contributed by atoms with Gasteiger partial charge in [-0.15, -0.1) is 0 Å². The number of aliphatic hydroxyl groups excluding tert-OH is 1. The van der Waals surface area contributed by atoms with Gasteiger partial charge in [-0.05, 0) is 37.7 Å². The minimum atomic E-state index is -0.760. The lowest BCUT2D eigenvalue weighted by Gasteiger charge is -2.35. The number of carbonyl (C=O) groups is 2. The van der Waals surface area contributed by atoms with E-state index in [0.717, 1.165) is 37.7 Å². The van der Waals surface area contributed by atoms with Crippen LogP contribution >= 0.6 is 0 Å². The van der Waals surface area contributed by atoms with Gasteiger partial charge in [0.2, 0.25) is 0 Å². The molecule has 1 aliphatic heterocycles. The minimum absolute atomic E-state index is 0.107. The molecule has 6 heteroatoms. The lowest BCUT2D eigenvalue weighted by Crippen LogP contribution is -2.46. The van der Waals surface area contributed by atoms with E-state index in [-0.39, 0.29) is 18.6 Å². The normalized spacial score (nSPS) is 18.2. The van der Waals surface area contributed by atoms with Crippen LogP contribution < -0.4 is 0 Å². The molecule has 0 spiro atoms. The molecule has 1 aliphatic rings. The number of unbranched alkanes of at least 4 members (excludes halogenated alkanes) is 3. The quantitative estimate of drug-likeness (QED) is 0.543. The molecular weight excluding hydrogens is 346 g/mol. The molecule has 6 nitrogen and oxygen atoms in total. The Hall–Kier alpha value is -2.08.